The van der Waals surface area contributed by atoms with Gasteiger partial charge < -0.3 is 10.2 Å². The molecule has 0 fully saturated rings. The summed E-state index contributed by atoms with van der Waals surface area (Å²) in [6.45, 7) is 1.01. The van der Waals surface area contributed by atoms with Gasteiger partial charge in [0, 0.05) is 6.54 Å². The molecule has 0 saturated heterocycles. The van der Waals surface area contributed by atoms with Crippen LogP contribution in [0.1, 0.15) is 5.56 Å². The zero-order valence-corrected chi connectivity index (χ0v) is 7.99. The van der Waals surface area contributed by atoms with Crippen molar-refractivity contribution in [1.82, 2.24) is 5.01 Å². The first kappa shape index (κ1) is 9.02. The number of methoxy groups -OCH3 is 1. The van der Waals surface area contributed by atoms with Gasteiger partial charge in [0.15, 0.2) is 0 Å². The summed E-state index contributed by atoms with van der Waals surface area (Å²) in [4.78, 5) is 11.0. The van der Waals surface area contributed by atoms with Gasteiger partial charge in [-0.1, -0.05) is 18.2 Å². The molecule has 1 aliphatic rings. The molecule has 74 valence electrons. The molecule has 0 radical (unpaired) electrons. The van der Waals surface area contributed by atoms with Crippen molar-refractivity contribution in [2.24, 2.45) is 0 Å². The van der Waals surface area contributed by atoms with Gasteiger partial charge in [-0.2, -0.15) is 0 Å². The highest BCUT2D eigenvalue weighted by atomic mass is 16.5. The predicted molar refractivity (Wildman–Crippen MR) is 52.5 cm³/mol. The lowest BCUT2D eigenvalue weighted by Gasteiger charge is -2.13. The number of ether oxygens (including phenoxy) is 1. The third-order valence-corrected chi connectivity index (χ3v) is 2.20. The molecule has 0 aromatic heterocycles. The average molecular weight is 192 g/mol. The first-order valence-electron chi connectivity index (χ1n) is 4.46. The van der Waals surface area contributed by atoms with Crippen LogP contribution in [0, 0.1) is 0 Å². The topological polar surface area (TPSA) is 41.6 Å². The van der Waals surface area contributed by atoms with Gasteiger partial charge in [0.25, 0.3) is 0 Å². The van der Waals surface area contributed by atoms with Crippen LogP contribution in [-0.4, -0.2) is 24.6 Å². The summed E-state index contributed by atoms with van der Waals surface area (Å²) in [5.41, 5.74) is 5.40. The Morgan fingerprint density at radius 2 is 2.36 bits per heavy atom. The van der Waals surface area contributed by atoms with E-state index in [-0.39, 0.29) is 12.5 Å². The Balaban J connectivity index is 2.01. The summed E-state index contributed by atoms with van der Waals surface area (Å²) in [6.07, 6.45) is 0. The summed E-state index contributed by atoms with van der Waals surface area (Å²) in [5, 5.41) is 1.83. The van der Waals surface area contributed by atoms with Crippen molar-refractivity contribution in [1.29, 1.82) is 0 Å². The van der Waals surface area contributed by atoms with E-state index in [1.54, 1.807) is 0 Å². The van der Waals surface area contributed by atoms with Crippen molar-refractivity contribution < 1.29 is 9.53 Å². The lowest BCUT2D eigenvalue weighted by Crippen LogP contribution is -2.30. The van der Waals surface area contributed by atoms with E-state index in [9.17, 15) is 4.79 Å². The minimum Gasteiger partial charge on any atom is -0.468 e. The van der Waals surface area contributed by atoms with Crippen molar-refractivity contribution in [2.45, 2.75) is 6.54 Å². The molecular weight excluding hydrogens is 180 g/mol. The molecule has 0 unspecified atom stereocenters. The number of hydrogen-bond acceptors (Lipinski definition) is 4. The standard InChI is InChI=1S/C10H12N2O2/c1-14-10(13)7-12-6-8-4-2-3-5-9(8)11-12/h2-5,11H,6-7H2,1H3. The molecule has 1 aromatic carbocycles. The Labute approximate surface area is 82.4 Å². The van der Waals surface area contributed by atoms with E-state index in [1.807, 2.05) is 29.3 Å². The Morgan fingerprint density at radius 1 is 1.57 bits per heavy atom. The van der Waals surface area contributed by atoms with Crippen LogP contribution >= 0.6 is 0 Å². The Bertz CT molecular complexity index is 327. The van der Waals surface area contributed by atoms with Gasteiger partial charge in [-0.05, 0) is 11.6 Å². The van der Waals surface area contributed by atoms with Crippen LogP contribution in [0.15, 0.2) is 24.3 Å². The largest absolute Gasteiger partial charge is 0.468 e. The first-order valence-corrected chi connectivity index (χ1v) is 4.46. The van der Waals surface area contributed by atoms with E-state index in [0.717, 1.165) is 12.2 Å². The van der Waals surface area contributed by atoms with Crippen LogP contribution in [0.2, 0.25) is 0 Å². The number of esters is 1. The third-order valence-electron chi connectivity index (χ3n) is 2.20. The van der Waals surface area contributed by atoms with Crippen molar-refractivity contribution in [3.63, 3.8) is 0 Å². The summed E-state index contributed by atoms with van der Waals surface area (Å²) in [7, 11) is 1.39. The fourth-order valence-electron chi connectivity index (χ4n) is 1.50. The summed E-state index contributed by atoms with van der Waals surface area (Å²) in [5.74, 6) is -0.231. The predicted octanol–water partition coefficient (Wildman–Crippen LogP) is 1.00. The number of hydrazine groups is 1. The molecule has 1 N–H and O–H groups in total. The number of hydrogen-bond donors (Lipinski definition) is 1. The first-order chi connectivity index (χ1) is 6.79. The quantitative estimate of drug-likeness (QED) is 0.710. The number of nitrogens with one attached hydrogen (secondary N) is 1. The van der Waals surface area contributed by atoms with Crippen LogP contribution in [0.5, 0.6) is 0 Å². The number of nitrogens with zero attached hydrogens (tertiary/aromatic N) is 1. The molecule has 0 bridgehead atoms. The SMILES string of the molecule is COC(=O)CN1Cc2ccccc2N1. The highest BCUT2D eigenvalue weighted by Crippen LogP contribution is 2.23. The summed E-state index contributed by atoms with van der Waals surface area (Å²) >= 11 is 0. The second kappa shape index (κ2) is 3.67. The van der Waals surface area contributed by atoms with Crippen LogP contribution in [0.3, 0.4) is 0 Å². The smallest absolute Gasteiger partial charge is 0.321 e. The maximum Gasteiger partial charge on any atom is 0.321 e. The number of fused-ring (bicyclic) bond motifs is 1. The van der Waals surface area contributed by atoms with Gasteiger partial charge in [-0.25, -0.2) is 5.01 Å². The van der Waals surface area contributed by atoms with E-state index in [4.69, 9.17) is 0 Å². The molecule has 0 spiro atoms. The van der Waals surface area contributed by atoms with Gasteiger partial charge in [0.05, 0.1) is 12.8 Å². The number of rotatable bonds is 2. The third kappa shape index (κ3) is 1.70. The highest BCUT2D eigenvalue weighted by molar-refractivity contribution is 5.72. The maximum absolute atomic E-state index is 11.0. The summed E-state index contributed by atoms with van der Waals surface area (Å²) < 4.78 is 4.59. The van der Waals surface area contributed by atoms with Crippen molar-refractivity contribution in [3.05, 3.63) is 29.8 Å². The minimum absolute atomic E-state index is 0.231. The Hall–Kier alpha value is -1.55. The lowest BCUT2D eigenvalue weighted by molar-refractivity contribution is -0.141. The van der Waals surface area contributed by atoms with Gasteiger partial charge in [-0.15, -0.1) is 0 Å². The second-order valence-electron chi connectivity index (χ2n) is 3.20. The van der Waals surface area contributed by atoms with Gasteiger partial charge >= 0.3 is 5.97 Å². The van der Waals surface area contributed by atoms with Crippen LogP contribution in [-0.2, 0) is 16.1 Å². The molecule has 0 aliphatic carbocycles. The average Bonchev–Trinajstić information content (AvgIpc) is 2.59. The monoisotopic (exact) mass is 192 g/mol. The van der Waals surface area contributed by atoms with Crippen molar-refractivity contribution >= 4 is 11.7 Å². The van der Waals surface area contributed by atoms with Crippen LogP contribution in [0.4, 0.5) is 5.69 Å². The van der Waals surface area contributed by atoms with Crippen LogP contribution < -0.4 is 5.43 Å². The van der Waals surface area contributed by atoms with Gasteiger partial charge in [0.1, 0.15) is 6.54 Å². The Morgan fingerprint density at radius 3 is 3.07 bits per heavy atom. The number of para-hydroxylation sites is 1. The molecule has 0 saturated carbocycles. The fraction of sp³-hybridized carbons (Fsp3) is 0.300. The second-order valence-corrected chi connectivity index (χ2v) is 3.20. The van der Waals surface area contributed by atoms with E-state index in [0.29, 0.717) is 0 Å². The normalized spacial score (nSPS) is 14.6. The summed E-state index contributed by atoms with van der Waals surface area (Å²) in [6, 6.07) is 7.99. The Kier molecular flexibility index (Phi) is 2.37. The number of carbonyl (C=O) groups excluding carboxylic acids is 1. The van der Waals surface area contributed by atoms with Crippen molar-refractivity contribution in [2.75, 3.05) is 19.1 Å². The molecule has 0 amide bonds. The molecular formula is C10H12N2O2. The molecule has 4 heteroatoms. The van der Waals surface area contributed by atoms with Gasteiger partial charge in [0.2, 0.25) is 0 Å². The van der Waals surface area contributed by atoms with Crippen molar-refractivity contribution in [3.8, 4) is 0 Å². The molecule has 4 nitrogen and oxygen atoms in total. The maximum atomic E-state index is 11.0. The number of carbonyl (C=O) groups is 1. The molecule has 2 rings (SSSR count). The molecule has 0 atom stereocenters. The molecule has 1 heterocycles. The lowest BCUT2D eigenvalue weighted by atomic mass is 10.2. The van der Waals surface area contributed by atoms with E-state index in [2.05, 4.69) is 10.2 Å². The highest BCUT2D eigenvalue weighted by Gasteiger charge is 2.19. The van der Waals surface area contributed by atoms with E-state index < -0.39 is 0 Å². The molecule has 1 aliphatic heterocycles. The van der Waals surface area contributed by atoms with E-state index >= 15 is 0 Å². The molecule has 14 heavy (non-hydrogen) atoms. The zero-order valence-electron chi connectivity index (χ0n) is 7.99. The van der Waals surface area contributed by atoms with Gasteiger partial charge in [-0.3, -0.25) is 4.79 Å². The fourth-order valence-corrected chi connectivity index (χ4v) is 1.50. The zero-order chi connectivity index (χ0) is 9.97. The van der Waals surface area contributed by atoms with E-state index in [1.165, 1.54) is 12.7 Å². The number of anilines is 1. The number of benzene rings is 1. The van der Waals surface area contributed by atoms with Crippen LogP contribution in [0.25, 0.3) is 0 Å². The minimum atomic E-state index is -0.231. The molecule has 1 aromatic rings.